The molecule has 0 aromatic rings. The summed E-state index contributed by atoms with van der Waals surface area (Å²) in [4.78, 5) is 6.51. The zero-order valence-electron chi connectivity index (χ0n) is 13.7. The number of nitrogens with zero attached hydrogens (tertiary/aromatic N) is 2. The second kappa shape index (κ2) is 11.0. The van der Waals surface area contributed by atoms with Crippen LogP contribution in [-0.2, 0) is 4.74 Å². The number of nitrogens with one attached hydrogen (secondary N) is 1. The molecule has 1 rings (SSSR count). The molecule has 0 radical (unpaired) electrons. The molecular formula is C16H33N3O. The van der Waals surface area contributed by atoms with E-state index >= 15 is 0 Å². The Hall–Kier alpha value is -0.770. The molecule has 4 heteroatoms. The number of hydrogen-bond acceptors (Lipinski definition) is 2. The number of rotatable bonds is 7. The third-order valence-electron chi connectivity index (χ3n) is 3.96. The summed E-state index contributed by atoms with van der Waals surface area (Å²) in [7, 11) is 3.94. The van der Waals surface area contributed by atoms with Gasteiger partial charge in [0.1, 0.15) is 0 Å². The number of unbranched alkanes of at least 4 members (excludes halogenated alkanes) is 1. The van der Waals surface area contributed by atoms with Crippen LogP contribution in [0, 0.1) is 0 Å². The lowest BCUT2D eigenvalue weighted by molar-refractivity contribution is 0.0466. The van der Waals surface area contributed by atoms with Gasteiger partial charge in [-0.05, 0) is 19.3 Å². The maximum atomic E-state index is 5.98. The van der Waals surface area contributed by atoms with Crippen molar-refractivity contribution in [3.8, 4) is 0 Å². The van der Waals surface area contributed by atoms with E-state index in [2.05, 4.69) is 29.2 Å². The van der Waals surface area contributed by atoms with Gasteiger partial charge in [0.05, 0.1) is 12.7 Å². The fraction of sp³-hybridized carbons (Fsp3) is 0.938. The van der Waals surface area contributed by atoms with E-state index in [4.69, 9.17) is 4.74 Å². The van der Waals surface area contributed by atoms with Gasteiger partial charge in [-0.3, -0.25) is 4.99 Å². The summed E-state index contributed by atoms with van der Waals surface area (Å²) in [6.07, 6.45) is 10.8. The summed E-state index contributed by atoms with van der Waals surface area (Å²) in [5.41, 5.74) is 0. The smallest absolute Gasteiger partial charge is 0.193 e. The maximum absolute atomic E-state index is 5.98. The molecule has 0 unspecified atom stereocenters. The van der Waals surface area contributed by atoms with Crippen LogP contribution >= 0.6 is 0 Å². The van der Waals surface area contributed by atoms with Crippen molar-refractivity contribution in [3.05, 3.63) is 0 Å². The molecule has 1 N–H and O–H groups in total. The number of aliphatic imine (C=N–C) groups is 1. The molecule has 0 atom stereocenters. The van der Waals surface area contributed by atoms with E-state index in [1.54, 1.807) is 0 Å². The van der Waals surface area contributed by atoms with Crippen molar-refractivity contribution in [1.82, 2.24) is 10.2 Å². The highest BCUT2D eigenvalue weighted by Crippen LogP contribution is 2.19. The van der Waals surface area contributed by atoms with Crippen molar-refractivity contribution in [2.24, 2.45) is 4.99 Å². The summed E-state index contributed by atoms with van der Waals surface area (Å²) in [6, 6.07) is 0. The molecule has 0 aliphatic heterocycles. The Morgan fingerprint density at radius 3 is 2.55 bits per heavy atom. The molecule has 0 bridgehead atoms. The van der Waals surface area contributed by atoms with E-state index < -0.39 is 0 Å². The van der Waals surface area contributed by atoms with Crippen LogP contribution in [0.1, 0.15) is 58.3 Å². The maximum Gasteiger partial charge on any atom is 0.193 e. The van der Waals surface area contributed by atoms with Crippen molar-refractivity contribution in [1.29, 1.82) is 0 Å². The van der Waals surface area contributed by atoms with E-state index in [0.29, 0.717) is 6.10 Å². The SMILES string of the molecule is CCCCN(C)C(=NC)NCCOC1CCCCCC1. The van der Waals surface area contributed by atoms with E-state index in [-0.39, 0.29) is 0 Å². The minimum atomic E-state index is 0.485. The van der Waals surface area contributed by atoms with Gasteiger partial charge < -0.3 is 15.0 Å². The van der Waals surface area contributed by atoms with Gasteiger partial charge >= 0.3 is 0 Å². The third kappa shape index (κ3) is 7.13. The lowest BCUT2D eigenvalue weighted by Crippen LogP contribution is -2.41. The van der Waals surface area contributed by atoms with Gasteiger partial charge in [0.2, 0.25) is 0 Å². The first kappa shape index (κ1) is 17.3. The van der Waals surface area contributed by atoms with Crippen molar-refractivity contribution >= 4 is 5.96 Å². The van der Waals surface area contributed by atoms with Crippen molar-refractivity contribution in [3.63, 3.8) is 0 Å². The second-order valence-corrected chi connectivity index (χ2v) is 5.73. The fourth-order valence-corrected chi connectivity index (χ4v) is 2.68. The van der Waals surface area contributed by atoms with E-state index in [1.807, 2.05) is 7.05 Å². The van der Waals surface area contributed by atoms with Crippen LogP contribution in [0.2, 0.25) is 0 Å². The summed E-state index contributed by atoms with van der Waals surface area (Å²) in [6.45, 7) is 4.90. The molecule has 0 aromatic heterocycles. The van der Waals surface area contributed by atoms with Gasteiger partial charge in [0.25, 0.3) is 0 Å². The first-order chi connectivity index (χ1) is 9.77. The monoisotopic (exact) mass is 283 g/mol. The molecule has 1 fully saturated rings. The predicted octanol–water partition coefficient (Wildman–Crippen LogP) is 3.03. The summed E-state index contributed by atoms with van der Waals surface area (Å²) < 4.78 is 5.98. The van der Waals surface area contributed by atoms with Gasteiger partial charge in [-0.25, -0.2) is 0 Å². The van der Waals surface area contributed by atoms with Crippen LogP contribution in [0.15, 0.2) is 4.99 Å². The molecule has 0 aromatic carbocycles. The number of guanidine groups is 1. The second-order valence-electron chi connectivity index (χ2n) is 5.73. The highest BCUT2D eigenvalue weighted by molar-refractivity contribution is 5.79. The zero-order valence-corrected chi connectivity index (χ0v) is 13.7. The van der Waals surface area contributed by atoms with E-state index in [9.17, 15) is 0 Å². The molecule has 0 spiro atoms. The van der Waals surface area contributed by atoms with Crippen LogP contribution in [0.25, 0.3) is 0 Å². The molecule has 118 valence electrons. The topological polar surface area (TPSA) is 36.9 Å². The minimum absolute atomic E-state index is 0.485. The van der Waals surface area contributed by atoms with Crippen molar-refractivity contribution < 1.29 is 4.74 Å². The van der Waals surface area contributed by atoms with Crippen LogP contribution in [-0.4, -0.2) is 50.8 Å². The van der Waals surface area contributed by atoms with Gasteiger partial charge in [-0.15, -0.1) is 0 Å². The fourth-order valence-electron chi connectivity index (χ4n) is 2.68. The Labute approximate surface area is 125 Å². The minimum Gasteiger partial charge on any atom is -0.376 e. The average Bonchev–Trinajstić information content (AvgIpc) is 2.73. The quantitative estimate of drug-likeness (QED) is 0.338. The van der Waals surface area contributed by atoms with Crippen LogP contribution in [0.3, 0.4) is 0 Å². The Morgan fingerprint density at radius 2 is 1.95 bits per heavy atom. The first-order valence-corrected chi connectivity index (χ1v) is 8.31. The molecule has 0 heterocycles. The van der Waals surface area contributed by atoms with Gasteiger partial charge in [0.15, 0.2) is 5.96 Å². The molecule has 20 heavy (non-hydrogen) atoms. The van der Waals surface area contributed by atoms with Crippen molar-refractivity contribution in [2.45, 2.75) is 64.4 Å². The first-order valence-electron chi connectivity index (χ1n) is 8.31. The van der Waals surface area contributed by atoms with E-state index in [1.165, 1.54) is 51.4 Å². The lowest BCUT2D eigenvalue weighted by atomic mass is 10.1. The van der Waals surface area contributed by atoms with Gasteiger partial charge in [-0.1, -0.05) is 39.0 Å². The Balaban J connectivity index is 2.14. The molecule has 1 saturated carbocycles. The largest absolute Gasteiger partial charge is 0.376 e. The van der Waals surface area contributed by atoms with Gasteiger partial charge in [-0.2, -0.15) is 0 Å². The van der Waals surface area contributed by atoms with Crippen LogP contribution < -0.4 is 5.32 Å². The normalized spacial score (nSPS) is 17.9. The lowest BCUT2D eigenvalue weighted by Gasteiger charge is -2.22. The third-order valence-corrected chi connectivity index (χ3v) is 3.96. The molecule has 0 saturated heterocycles. The predicted molar refractivity (Wildman–Crippen MR) is 86.3 cm³/mol. The Morgan fingerprint density at radius 1 is 1.25 bits per heavy atom. The summed E-state index contributed by atoms with van der Waals surface area (Å²) in [5.74, 6) is 0.975. The highest BCUT2D eigenvalue weighted by Gasteiger charge is 2.12. The Kier molecular flexibility index (Phi) is 9.46. The molecule has 1 aliphatic rings. The Bertz CT molecular complexity index is 260. The van der Waals surface area contributed by atoms with Crippen molar-refractivity contribution in [2.75, 3.05) is 33.8 Å². The summed E-state index contributed by atoms with van der Waals surface area (Å²) >= 11 is 0. The zero-order chi connectivity index (χ0) is 14.6. The summed E-state index contributed by atoms with van der Waals surface area (Å²) in [5, 5.41) is 3.38. The van der Waals surface area contributed by atoms with Crippen LogP contribution in [0.5, 0.6) is 0 Å². The van der Waals surface area contributed by atoms with E-state index in [0.717, 1.165) is 25.7 Å². The number of hydrogen-bond donors (Lipinski definition) is 1. The average molecular weight is 283 g/mol. The van der Waals surface area contributed by atoms with Crippen LogP contribution in [0.4, 0.5) is 0 Å². The molecule has 0 amide bonds. The molecular weight excluding hydrogens is 250 g/mol. The number of ether oxygens (including phenoxy) is 1. The standard InChI is InChI=1S/C16H33N3O/c1-4-5-13-19(3)16(17-2)18-12-14-20-15-10-8-6-7-9-11-15/h15H,4-14H2,1-3H3,(H,17,18). The highest BCUT2D eigenvalue weighted by atomic mass is 16.5. The molecule has 1 aliphatic carbocycles. The van der Waals surface area contributed by atoms with Gasteiger partial charge in [0, 0.05) is 27.2 Å². The molecule has 4 nitrogen and oxygen atoms in total.